The first-order valence-corrected chi connectivity index (χ1v) is 9.19. The standard InChI is InChI=1S/C17H29NO3S/c1-16(2)8-6-9-17(3,4)18(16)21-15(11-19)13-22-12-14-7-5-10-20-14/h5,7,10,15,19H,6,8-9,11-13H2,1-4H3/t15-/m0/s1. The molecule has 1 fully saturated rings. The molecule has 1 atom stereocenters. The van der Waals surface area contributed by atoms with Crippen LogP contribution in [0.4, 0.5) is 0 Å². The molecule has 0 amide bonds. The SMILES string of the molecule is CC1(C)CCCC(C)(C)N1O[C@@H](CO)CSCc1ccco1. The van der Waals surface area contributed by atoms with Crippen LogP contribution >= 0.6 is 11.8 Å². The number of furan rings is 1. The summed E-state index contributed by atoms with van der Waals surface area (Å²) < 4.78 is 5.33. The summed E-state index contributed by atoms with van der Waals surface area (Å²) in [5.74, 6) is 2.51. The molecule has 0 aromatic carbocycles. The van der Waals surface area contributed by atoms with E-state index in [1.165, 1.54) is 6.42 Å². The molecule has 22 heavy (non-hydrogen) atoms. The third-order valence-electron chi connectivity index (χ3n) is 4.26. The van der Waals surface area contributed by atoms with Gasteiger partial charge in [-0.05, 0) is 59.1 Å². The van der Waals surface area contributed by atoms with E-state index >= 15 is 0 Å². The van der Waals surface area contributed by atoms with Crippen LogP contribution in [0.1, 0.15) is 52.7 Å². The maximum Gasteiger partial charge on any atom is 0.113 e. The van der Waals surface area contributed by atoms with Gasteiger partial charge in [0.1, 0.15) is 11.9 Å². The minimum atomic E-state index is -0.184. The molecule has 1 aliphatic rings. The molecule has 1 N–H and O–H groups in total. The van der Waals surface area contributed by atoms with E-state index in [1.54, 1.807) is 18.0 Å². The molecule has 0 bridgehead atoms. The number of aliphatic hydroxyl groups excluding tert-OH is 1. The topological polar surface area (TPSA) is 45.8 Å². The maximum absolute atomic E-state index is 9.67. The summed E-state index contributed by atoms with van der Waals surface area (Å²) in [6, 6.07) is 3.87. The van der Waals surface area contributed by atoms with E-state index in [9.17, 15) is 5.11 Å². The predicted molar refractivity (Wildman–Crippen MR) is 90.7 cm³/mol. The zero-order chi connectivity index (χ0) is 16.2. The molecule has 126 valence electrons. The molecule has 1 saturated heterocycles. The van der Waals surface area contributed by atoms with Gasteiger partial charge in [0.05, 0.1) is 18.6 Å². The Hall–Kier alpha value is -0.490. The first-order valence-electron chi connectivity index (χ1n) is 8.03. The Bertz CT molecular complexity index is 429. The fraction of sp³-hybridized carbons (Fsp3) is 0.765. The van der Waals surface area contributed by atoms with E-state index in [1.807, 2.05) is 12.1 Å². The van der Waals surface area contributed by atoms with Crippen LogP contribution in [0.3, 0.4) is 0 Å². The van der Waals surface area contributed by atoms with Crippen LogP contribution in [-0.2, 0) is 10.6 Å². The molecule has 4 nitrogen and oxygen atoms in total. The fourth-order valence-corrected chi connectivity index (χ4v) is 4.13. The third-order valence-corrected chi connectivity index (χ3v) is 5.36. The van der Waals surface area contributed by atoms with Crippen molar-refractivity contribution in [2.45, 2.75) is 69.9 Å². The van der Waals surface area contributed by atoms with Crippen molar-refractivity contribution in [1.82, 2.24) is 5.06 Å². The molecule has 0 saturated carbocycles. The summed E-state index contributed by atoms with van der Waals surface area (Å²) in [7, 11) is 0. The van der Waals surface area contributed by atoms with E-state index in [0.29, 0.717) is 0 Å². The lowest BCUT2D eigenvalue weighted by atomic mass is 9.82. The Morgan fingerprint density at radius 3 is 2.55 bits per heavy atom. The lowest BCUT2D eigenvalue weighted by Gasteiger charge is -2.52. The van der Waals surface area contributed by atoms with Crippen LogP contribution in [0.2, 0.25) is 0 Å². The quantitative estimate of drug-likeness (QED) is 0.824. The van der Waals surface area contributed by atoms with Gasteiger partial charge in [0.25, 0.3) is 0 Å². The number of thioether (sulfide) groups is 1. The summed E-state index contributed by atoms with van der Waals surface area (Å²) in [5, 5.41) is 11.8. The second kappa shape index (κ2) is 7.39. The third kappa shape index (κ3) is 4.51. The number of hydrogen-bond donors (Lipinski definition) is 1. The Labute approximate surface area is 138 Å². The summed E-state index contributed by atoms with van der Waals surface area (Å²) in [6.07, 6.45) is 4.96. The normalized spacial score (nSPS) is 22.6. The highest BCUT2D eigenvalue weighted by Crippen LogP contribution is 2.39. The molecule has 0 unspecified atom stereocenters. The Kier molecular flexibility index (Phi) is 6.00. The van der Waals surface area contributed by atoms with Crippen LogP contribution in [0, 0.1) is 0 Å². The van der Waals surface area contributed by atoms with Crippen molar-refractivity contribution in [2.24, 2.45) is 0 Å². The lowest BCUT2D eigenvalue weighted by molar-refractivity contribution is -0.304. The van der Waals surface area contributed by atoms with Crippen molar-refractivity contribution in [3.8, 4) is 0 Å². The summed E-state index contributed by atoms with van der Waals surface area (Å²) >= 11 is 1.73. The Morgan fingerprint density at radius 1 is 1.32 bits per heavy atom. The number of aliphatic hydroxyl groups is 1. The van der Waals surface area contributed by atoms with Gasteiger partial charge in [0, 0.05) is 16.8 Å². The number of nitrogens with zero attached hydrogens (tertiary/aromatic N) is 1. The Morgan fingerprint density at radius 2 is 2.00 bits per heavy atom. The zero-order valence-corrected chi connectivity index (χ0v) is 15.0. The van der Waals surface area contributed by atoms with Crippen molar-refractivity contribution in [3.05, 3.63) is 24.2 Å². The van der Waals surface area contributed by atoms with Gasteiger partial charge >= 0.3 is 0 Å². The molecular weight excluding hydrogens is 298 g/mol. The second-order valence-corrected chi connectivity index (χ2v) is 8.31. The molecule has 1 aliphatic heterocycles. The Balaban J connectivity index is 1.90. The lowest BCUT2D eigenvalue weighted by Crippen LogP contribution is -2.59. The average Bonchev–Trinajstić information content (AvgIpc) is 2.93. The summed E-state index contributed by atoms with van der Waals surface area (Å²) in [5.41, 5.74) is 0.00168. The smallest absolute Gasteiger partial charge is 0.113 e. The molecule has 2 heterocycles. The first-order chi connectivity index (χ1) is 10.3. The highest BCUT2D eigenvalue weighted by molar-refractivity contribution is 7.98. The monoisotopic (exact) mass is 327 g/mol. The van der Waals surface area contributed by atoms with Gasteiger partial charge in [-0.1, -0.05) is 0 Å². The minimum absolute atomic E-state index is 0.000841. The van der Waals surface area contributed by atoms with Gasteiger partial charge < -0.3 is 9.52 Å². The molecule has 1 aromatic rings. The van der Waals surface area contributed by atoms with Crippen molar-refractivity contribution in [3.63, 3.8) is 0 Å². The van der Waals surface area contributed by atoms with Crippen LogP contribution in [0.15, 0.2) is 22.8 Å². The molecule has 0 aliphatic carbocycles. The highest BCUT2D eigenvalue weighted by Gasteiger charge is 2.43. The highest BCUT2D eigenvalue weighted by atomic mass is 32.2. The van der Waals surface area contributed by atoms with Crippen molar-refractivity contribution in [2.75, 3.05) is 12.4 Å². The van der Waals surface area contributed by atoms with Crippen LogP contribution < -0.4 is 0 Å². The summed E-state index contributed by atoms with van der Waals surface area (Å²) in [6.45, 7) is 8.92. The minimum Gasteiger partial charge on any atom is -0.468 e. The van der Waals surface area contributed by atoms with Gasteiger partial charge in [0.15, 0.2) is 0 Å². The van der Waals surface area contributed by atoms with E-state index in [4.69, 9.17) is 9.25 Å². The maximum atomic E-state index is 9.67. The van der Waals surface area contributed by atoms with E-state index < -0.39 is 0 Å². The van der Waals surface area contributed by atoms with Gasteiger partial charge in [-0.15, -0.1) is 0 Å². The molecule has 2 rings (SSSR count). The average molecular weight is 327 g/mol. The van der Waals surface area contributed by atoms with Crippen LogP contribution in [0.25, 0.3) is 0 Å². The van der Waals surface area contributed by atoms with Crippen molar-refractivity contribution in [1.29, 1.82) is 0 Å². The van der Waals surface area contributed by atoms with Crippen LogP contribution in [-0.4, -0.2) is 39.7 Å². The van der Waals surface area contributed by atoms with E-state index in [0.717, 1.165) is 30.1 Å². The van der Waals surface area contributed by atoms with E-state index in [2.05, 4.69) is 32.8 Å². The van der Waals surface area contributed by atoms with Crippen LogP contribution in [0.5, 0.6) is 0 Å². The summed E-state index contributed by atoms with van der Waals surface area (Å²) in [4.78, 5) is 6.22. The van der Waals surface area contributed by atoms with Crippen molar-refractivity contribution < 1.29 is 14.4 Å². The molecule has 0 spiro atoms. The second-order valence-electron chi connectivity index (χ2n) is 7.28. The van der Waals surface area contributed by atoms with E-state index in [-0.39, 0.29) is 23.8 Å². The largest absolute Gasteiger partial charge is 0.468 e. The first kappa shape index (κ1) is 17.9. The van der Waals surface area contributed by atoms with Gasteiger partial charge in [0.2, 0.25) is 0 Å². The van der Waals surface area contributed by atoms with Gasteiger partial charge in [-0.2, -0.15) is 16.8 Å². The number of piperidine rings is 1. The van der Waals surface area contributed by atoms with Gasteiger partial charge in [-0.3, -0.25) is 4.84 Å². The predicted octanol–water partition coefficient (Wildman–Crippen LogP) is 3.85. The number of rotatable bonds is 7. The number of hydroxylamine groups is 2. The fourth-order valence-electron chi connectivity index (χ4n) is 3.21. The molecule has 1 aromatic heterocycles. The van der Waals surface area contributed by atoms with Crippen molar-refractivity contribution >= 4 is 11.8 Å². The molecular formula is C17H29NO3S. The molecule has 0 radical (unpaired) electrons. The number of hydrogen-bond acceptors (Lipinski definition) is 5. The van der Waals surface area contributed by atoms with Gasteiger partial charge in [-0.25, -0.2) is 0 Å². The molecule has 5 heteroatoms. The zero-order valence-electron chi connectivity index (χ0n) is 14.2.